The van der Waals surface area contributed by atoms with E-state index in [1.165, 1.54) is 218 Å². The van der Waals surface area contributed by atoms with E-state index in [1.807, 2.05) is 27.2 Å². The van der Waals surface area contributed by atoms with Crippen molar-refractivity contribution in [3.63, 3.8) is 0 Å². The van der Waals surface area contributed by atoms with E-state index in [0.717, 1.165) is 51.4 Å². The lowest BCUT2D eigenvalue weighted by Crippen LogP contribution is -2.45. The zero-order valence-electron chi connectivity index (χ0n) is 48.9. The van der Waals surface area contributed by atoms with Crippen molar-refractivity contribution in [3.05, 3.63) is 60.8 Å². The summed E-state index contributed by atoms with van der Waals surface area (Å²) in [6.07, 6.45) is 75.0. The van der Waals surface area contributed by atoms with Crippen LogP contribution in [0.1, 0.15) is 290 Å². The van der Waals surface area contributed by atoms with Crippen molar-refractivity contribution in [2.24, 2.45) is 0 Å². The van der Waals surface area contributed by atoms with Gasteiger partial charge in [0, 0.05) is 6.42 Å². The Bertz CT molecular complexity index is 1370. The summed E-state index contributed by atoms with van der Waals surface area (Å²) < 4.78 is 23.7. The number of hydrogen-bond acceptors (Lipinski definition) is 5. The van der Waals surface area contributed by atoms with Gasteiger partial charge < -0.3 is 19.8 Å². The maximum absolute atomic E-state index is 13.0. The summed E-state index contributed by atoms with van der Waals surface area (Å²) in [6.45, 7) is 4.79. The Morgan fingerprint density at radius 1 is 0.466 bits per heavy atom. The molecule has 3 N–H and O–H groups in total. The fourth-order valence-corrected chi connectivity index (χ4v) is 9.80. The zero-order valence-corrected chi connectivity index (χ0v) is 49.8. The van der Waals surface area contributed by atoms with E-state index >= 15 is 0 Å². The molecule has 8 nitrogen and oxygen atoms in total. The van der Waals surface area contributed by atoms with Crippen LogP contribution < -0.4 is 5.32 Å². The number of phosphoric acid groups is 1. The molecule has 0 aliphatic rings. The Morgan fingerprint density at radius 2 is 0.795 bits per heavy atom. The second-order valence-electron chi connectivity index (χ2n) is 22.4. The van der Waals surface area contributed by atoms with E-state index in [1.54, 1.807) is 6.08 Å². The standard InChI is InChI=1S/C64H121N2O6P/c1-6-8-10-12-14-16-18-20-22-23-24-25-26-27-28-29-30-31-32-33-34-35-36-37-38-39-40-41-42-43-44-46-48-50-52-54-56-58-64(68)65-62(61-72-73(69,70)71-60-59-66(3,4)5)63(67)57-55-53-51-49-47-45-21-19-17-15-13-11-9-7-2/h18,20,23-24,26-27,47,49,55,57,62-63,67H,6-17,19,21-22,25,28-46,48,50-54,56,58-61H2,1-5H3,(H-,65,68,69,70)/p+1/b20-18-,24-23-,27-26-,49-47+,57-55+. The van der Waals surface area contributed by atoms with Crippen molar-refractivity contribution in [2.75, 3.05) is 40.9 Å². The van der Waals surface area contributed by atoms with Crippen molar-refractivity contribution in [2.45, 2.75) is 302 Å². The summed E-state index contributed by atoms with van der Waals surface area (Å²) in [5, 5.41) is 13.9. The van der Waals surface area contributed by atoms with Crippen LogP contribution in [-0.4, -0.2) is 73.4 Å². The van der Waals surface area contributed by atoms with Gasteiger partial charge in [0.25, 0.3) is 0 Å². The maximum Gasteiger partial charge on any atom is 0.472 e. The molecule has 0 spiro atoms. The van der Waals surface area contributed by atoms with Crippen molar-refractivity contribution >= 4 is 13.7 Å². The van der Waals surface area contributed by atoms with Crippen molar-refractivity contribution < 1.29 is 32.9 Å². The largest absolute Gasteiger partial charge is 0.472 e. The molecule has 0 bridgehead atoms. The van der Waals surface area contributed by atoms with Crippen LogP contribution in [-0.2, 0) is 18.4 Å². The molecule has 0 radical (unpaired) electrons. The molecule has 0 fully saturated rings. The molecule has 428 valence electrons. The lowest BCUT2D eigenvalue weighted by molar-refractivity contribution is -0.870. The number of nitrogens with one attached hydrogen (secondary N) is 1. The zero-order chi connectivity index (χ0) is 53.5. The minimum absolute atomic E-state index is 0.0563. The number of carbonyl (C=O) groups is 1. The Morgan fingerprint density at radius 3 is 1.19 bits per heavy atom. The van der Waals surface area contributed by atoms with Gasteiger partial charge in [-0.15, -0.1) is 0 Å². The topological polar surface area (TPSA) is 105 Å². The number of carbonyl (C=O) groups excluding carboxylic acids is 1. The van der Waals surface area contributed by atoms with Crippen molar-refractivity contribution in [1.82, 2.24) is 5.32 Å². The Labute approximate surface area is 453 Å². The smallest absolute Gasteiger partial charge is 0.387 e. The van der Waals surface area contributed by atoms with Gasteiger partial charge in [-0.3, -0.25) is 13.8 Å². The maximum atomic E-state index is 13.0. The molecule has 0 aliphatic carbocycles. The fraction of sp³-hybridized carbons (Fsp3) is 0.828. The lowest BCUT2D eigenvalue weighted by atomic mass is 10.0. The van der Waals surface area contributed by atoms with E-state index in [4.69, 9.17) is 9.05 Å². The minimum atomic E-state index is -4.35. The highest BCUT2D eigenvalue weighted by Crippen LogP contribution is 2.43. The first kappa shape index (κ1) is 71.2. The highest BCUT2D eigenvalue weighted by Gasteiger charge is 2.27. The molecule has 0 heterocycles. The van der Waals surface area contributed by atoms with Gasteiger partial charge in [-0.1, -0.05) is 274 Å². The molecule has 0 aliphatic heterocycles. The van der Waals surface area contributed by atoms with Crippen LogP contribution in [0.3, 0.4) is 0 Å². The molecule has 0 saturated heterocycles. The van der Waals surface area contributed by atoms with E-state index in [2.05, 4.69) is 67.8 Å². The number of phosphoric ester groups is 1. The third kappa shape index (κ3) is 57.7. The van der Waals surface area contributed by atoms with Crippen molar-refractivity contribution in [1.29, 1.82) is 0 Å². The number of allylic oxidation sites excluding steroid dienone is 9. The van der Waals surface area contributed by atoms with Gasteiger partial charge in [0.1, 0.15) is 13.2 Å². The Kier molecular flexibility index (Phi) is 53.6. The van der Waals surface area contributed by atoms with Gasteiger partial charge >= 0.3 is 7.82 Å². The van der Waals surface area contributed by atoms with E-state index < -0.39 is 20.0 Å². The number of unbranched alkanes of at least 4 members (excludes halogenated alkanes) is 36. The van der Waals surface area contributed by atoms with Crippen LogP contribution in [0, 0.1) is 0 Å². The van der Waals surface area contributed by atoms with Crippen LogP contribution >= 0.6 is 7.82 Å². The summed E-state index contributed by atoms with van der Waals surface area (Å²) in [6, 6.07) is -0.863. The van der Waals surface area contributed by atoms with Crippen LogP contribution in [0.2, 0.25) is 0 Å². The predicted molar refractivity (Wildman–Crippen MR) is 318 cm³/mol. The molecular formula is C64H122N2O6P+. The normalized spacial score (nSPS) is 14.2. The lowest BCUT2D eigenvalue weighted by Gasteiger charge is -2.25. The first-order chi connectivity index (χ1) is 35.5. The quantitative estimate of drug-likeness (QED) is 0.0243. The highest BCUT2D eigenvalue weighted by atomic mass is 31.2. The van der Waals surface area contributed by atoms with Gasteiger partial charge in [0.2, 0.25) is 5.91 Å². The molecule has 73 heavy (non-hydrogen) atoms. The third-order valence-corrected chi connectivity index (χ3v) is 14.9. The third-order valence-electron chi connectivity index (χ3n) is 14.0. The fourth-order valence-electron chi connectivity index (χ4n) is 9.07. The molecular weight excluding hydrogens is 924 g/mol. The number of aliphatic hydroxyl groups is 1. The summed E-state index contributed by atoms with van der Waals surface area (Å²) >= 11 is 0. The molecule has 0 saturated carbocycles. The average molecular weight is 1050 g/mol. The summed E-state index contributed by atoms with van der Waals surface area (Å²) in [5.74, 6) is -0.184. The SMILES string of the molecule is CCCCCCC/C=C\C/C=C\C/C=C\CCCCCCCCCCCCCCCCCCCCCCCCC(=O)NC(COP(=O)(O)OCC[N+](C)(C)C)C(O)/C=C/CC/C=C/CCCCCCCCCC. The number of rotatable bonds is 57. The number of aliphatic hydroxyl groups excluding tert-OH is 1. The molecule has 0 aromatic carbocycles. The average Bonchev–Trinajstić information content (AvgIpc) is 3.35. The summed E-state index contributed by atoms with van der Waals surface area (Å²) in [4.78, 5) is 23.3. The summed E-state index contributed by atoms with van der Waals surface area (Å²) in [5.41, 5.74) is 0. The van der Waals surface area contributed by atoms with Gasteiger partial charge in [-0.25, -0.2) is 4.57 Å². The number of nitrogens with zero attached hydrogens (tertiary/aromatic N) is 1. The molecule has 9 heteroatoms. The monoisotopic (exact) mass is 1050 g/mol. The van der Waals surface area contributed by atoms with E-state index in [0.29, 0.717) is 17.4 Å². The predicted octanol–water partition coefficient (Wildman–Crippen LogP) is 19.3. The Balaban J connectivity index is 3.96. The number of amides is 1. The number of hydrogen-bond donors (Lipinski definition) is 3. The van der Waals surface area contributed by atoms with Gasteiger partial charge in [-0.2, -0.15) is 0 Å². The number of likely N-dealkylation sites (N-methyl/N-ethyl adjacent to an activating group) is 1. The highest BCUT2D eigenvalue weighted by molar-refractivity contribution is 7.47. The van der Waals surface area contributed by atoms with E-state index in [-0.39, 0.29) is 19.1 Å². The molecule has 3 unspecified atom stereocenters. The molecule has 0 aromatic heterocycles. The van der Waals surface area contributed by atoms with E-state index in [9.17, 15) is 19.4 Å². The first-order valence-electron chi connectivity index (χ1n) is 31.2. The van der Waals surface area contributed by atoms with Gasteiger partial charge in [0.15, 0.2) is 0 Å². The molecule has 0 rings (SSSR count). The second-order valence-corrected chi connectivity index (χ2v) is 23.9. The van der Waals surface area contributed by atoms with Gasteiger partial charge in [-0.05, 0) is 70.6 Å². The van der Waals surface area contributed by atoms with Gasteiger partial charge in [0.05, 0.1) is 39.9 Å². The van der Waals surface area contributed by atoms with Crippen LogP contribution in [0.5, 0.6) is 0 Å². The second kappa shape index (κ2) is 55.0. The van der Waals surface area contributed by atoms with Crippen molar-refractivity contribution in [3.8, 4) is 0 Å². The first-order valence-corrected chi connectivity index (χ1v) is 32.7. The minimum Gasteiger partial charge on any atom is -0.387 e. The summed E-state index contributed by atoms with van der Waals surface area (Å²) in [7, 11) is 1.56. The van der Waals surface area contributed by atoms with Crippen LogP contribution in [0.15, 0.2) is 60.8 Å². The Hall–Kier alpha value is -1.80. The number of quaternary nitrogens is 1. The molecule has 1 amide bonds. The molecule has 0 aromatic rings. The van der Waals surface area contributed by atoms with Crippen LogP contribution in [0.4, 0.5) is 0 Å². The van der Waals surface area contributed by atoms with Crippen LogP contribution in [0.25, 0.3) is 0 Å². The molecule has 3 atom stereocenters.